The molecule has 4 nitrogen and oxygen atoms in total. The Morgan fingerprint density at radius 1 is 1.09 bits per heavy atom. The number of benzene rings is 1. The van der Waals surface area contributed by atoms with Crippen molar-refractivity contribution in [2.45, 2.75) is 31.9 Å². The van der Waals surface area contributed by atoms with Gasteiger partial charge in [0.15, 0.2) is 5.84 Å². The highest BCUT2D eigenvalue weighted by Gasteiger charge is 2.31. The van der Waals surface area contributed by atoms with Gasteiger partial charge in [-0.25, -0.2) is 4.99 Å². The number of halogens is 3. The van der Waals surface area contributed by atoms with E-state index < -0.39 is 11.7 Å². The summed E-state index contributed by atoms with van der Waals surface area (Å²) in [4.78, 5) is 6.55. The fourth-order valence-corrected chi connectivity index (χ4v) is 2.75. The zero-order chi connectivity index (χ0) is 16.3. The molecular weight excluding hydrogens is 305 g/mol. The van der Waals surface area contributed by atoms with Crippen molar-refractivity contribution in [3.63, 3.8) is 0 Å². The first kappa shape index (κ1) is 15.8. The lowest BCUT2D eigenvalue weighted by atomic mass is 10.1. The van der Waals surface area contributed by atoms with Crippen LogP contribution in [0.15, 0.2) is 34.4 Å². The molecule has 1 saturated heterocycles. The van der Waals surface area contributed by atoms with Crippen LogP contribution < -0.4 is 5.01 Å². The van der Waals surface area contributed by atoms with Crippen LogP contribution in [0.5, 0.6) is 0 Å². The summed E-state index contributed by atoms with van der Waals surface area (Å²) in [5.41, 5.74) is -0.210. The van der Waals surface area contributed by atoms with Crippen LogP contribution in [0.3, 0.4) is 0 Å². The van der Waals surface area contributed by atoms with Crippen LogP contribution in [-0.4, -0.2) is 36.7 Å². The predicted molar refractivity (Wildman–Crippen MR) is 84.8 cm³/mol. The highest BCUT2D eigenvalue weighted by Crippen LogP contribution is 2.32. The second kappa shape index (κ2) is 6.60. The van der Waals surface area contributed by atoms with E-state index in [9.17, 15) is 13.2 Å². The van der Waals surface area contributed by atoms with Gasteiger partial charge in [-0.05, 0) is 37.5 Å². The Kier molecular flexibility index (Phi) is 4.54. The van der Waals surface area contributed by atoms with E-state index in [1.165, 1.54) is 25.3 Å². The van der Waals surface area contributed by atoms with Crippen molar-refractivity contribution >= 4 is 17.9 Å². The van der Waals surface area contributed by atoms with Gasteiger partial charge in [-0.3, -0.25) is 5.01 Å². The minimum atomic E-state index is -4.34. The van der Waals surface area contributed by atoms with E-state index >= 15 is 0 Å². The minimum Gasteiger partial charge on any atom is -0.363 e. The molecule has 0 aromatic heterocycles. The van der Waals surface area contributed by atoms with Crippen molar-refractivity contribution in [2.75, 3.05) is 24.6 Å². The molecule has 1 aromatic rings. The Morgan fingerprint density at radius 3 is 2.61 bits per heavy atom. The summed E-state index contributed by atoms with van der Waals surface area (Å²) in [6.45, 7) is 2.57. The molecule has 0 spiro atoms. The molecule has 7 heteroatoms. The zero-order valence-corrected chi connectivity index (χ0v) is 12.8. The lowest BCUT2D eigenvalue weighted by Gasteiger charge is -2.23. The Hall–Kier alpha value is -2.05. The number of hydrogen-bond acceptors (Lipinski definition) is 3. The molecule has 0 N–H and O–H groups in total. The Morgan fingerprint density at radius 2 is 1.87 bits per heavy atom. The quantitative estimate of drug-likeness (QED) is 0.613. The molecule has 0 unspecified atom stereocenters. The van der Waals surface area contributed by atoms with Crippen molar-refractivity contribution in [3.8, 4) is 0 Å². The summed E-state index contributed by atoms with van der Waals surface area (Å²) in [5, 5.41) is 5.91. The molecule has 23 heavy (non-hydrogen) atoms. The fraction of sp³-hybridized carbons (Fsp3) is 0.500. The first-order valence-electron chi connectivity index (χ1n) is 7.83. The maximum Gasteiger partial charge on any atom is 0.416 e. The summed E-state index contributed by atoms with van der Waals surface area (Å²) in [6, 6.07) is 5.23. The molecule has 0 bridgehead atoms. The van der Waals surface area contributed by atoms with Crippen molar-refractivity contribution in [2.24, 2.45) is 10.1 Å². The third-order valence-corrected chi connectivity index (χ3v) is 4.02. The third-order valence-electron chi connectivity index (χ3n) is 4.02. The molecule has 0 aliphatic carbocycles. The fourth-order valence-electron chi connectivity index (χ4n) is 2.75. The number of piperidine rings is 1. The molecule has 0 atom stereocenters. The lowest BCUT2D eigenvalue weighted by molar-refractivity contribution is -0.137. The summed E-state index contributed by atoms with van der Waals surface area (Å²) >= 11 is 0. The molecule has 2 heterocycles. The molecule has 124 valence electrons. The number of anilines is 1. The number of alkyl halides is 3. The molecule has 0 saturated carbocycles. The summed E-state index contributed by atoms with van der Waals surface area (Å²) in [6.07, 6.45) is 1.72. The molecule has 0 radical (unpaired) electrons. The van der Waals surface area contributed by atoms with Crippen LogP contribution in [0.1, 0.15) is 31.2 Å². The standard InChI is InChI=1S/C16H19F3N4/c17-16(18,19)13-5-4-6-14(11-13)23-10-7-15(21-23)20-12-22-8-2-1-3-9-22/h4-6,11-12H,1-3,7-10H2. The van der Waals surface area contributed by atoms with Gasteiger partial charge < -0.3 is 4.90 Å². The highest BCUT2D eigenvalue weighted by molar-refractivity contribution is 5.91. The second-order valence-corrected chi connectivity index (χ2v) is 5.78. The van der Waals surface area contributed by atoms with E-state index in [0.717, 1.165) is 25.2 Å². The number of hydrazone groups is 1. The van der Waals surface area contributed by atoms with Crippen LogP contribution >= 0.6 is 0 Å². The van der Waals surface area contributed by atoms with Gasteiger partial charge in [0.05, 0.1) is 17.6 Å². The maximum atomic E-state index is 12.8. The van der Waals surface area contributed by atoms with E-state index in [2.05, 4.69) is 15.0 Å². The van der Waals surface area contributed by atoms with Crippen LogP contribution in [0, 0.1) is 0 Å². The summed E-state index contributed by atoms with van der Waals surface area (Å²) < 4.78 is 38.3. The highest BCUT2D eigenvalue weighted by atomic mass is 19.4. The second-order valence-electron chi connectivity index (χ2n) is 5.78. The monoisotopic (exact) mass is 324 g/mol. The van der Waals surface area contributed by atoms with E-state index in [4.69, 9.17) is 0 Å². The Bertz CT molecular complexity index is 604. The Labute approximate surface area is 133 Å². The van der Waals surface area contributed by atoms with Crippen molar-refractivity contribution in [3.05, 3.63) is 29.8 Å². The van der Waals surface area contributed by atoms with Gasteiger partial charge in [-0.1, -0.05) is 6.07 Å². The van der Waals surface area contributed by atoms with E-state index in [1.807, 2.05) is 6.34 Å². The first-order chi connectivity index (χ1) is 11.0. The molecule has 1 fully saturated rings. The van der Waals surface area contributed by atoms with E-state index in [-0.39, 0.29) is 0 Å². The van der Waals surface area contributed by atoms with Crippen molar-refractivity contribution < 1.29 is 13.2 Å². The van der Waals surface area contributed by atoms with Gasteiger partial charge in [0.2, 0.25) is 0 Å². The zero-order valence-electron chi connectivity index (χ0n) is 12.8. The van der Waals surface area contributed by atoms with Crippen LogP contribution in [0.25, 0.3) is 0 Å². The Balaban J connectivity index is 1.68. The molecular formula is C16H19F3N4. The average Bonchev–Trinajstić information content (AvgIpc) is 3.02. The number of aliphatic imine (C=N–C) groups is 1. The SMILES string of the molecule is FC(F)(F)c1cccc(N2CCC(N=CN3CCCCC3)=N2)c1. The van der Waals surface area contributed by atoms with Gasteiger partial charge in [0.1, 0.15) is 0 Å². The van der Waals surface area contributed by atoms with Crippen LogP contribution in [-0.2, 0) is 6.18 Å². The van der Waals surface area contributed by atoms with E-state index in [0.29, 0.717) is 24.5 Å². The topological polar surface area (TPSA) is 31.2 Å². The molecule has 2 aliphatic heterocycles. The molecule has 2 aliphatic rings. The van der Waals surface area contributed by atoms with Gasteiger partial charge in [-0.15, -0.1) is 0 Å². The van der Waals surface area contributed by atoms with E-state index in [1.54, 1.807) is 11.1 Å². The number of amidine groups is 1. The largest absolute Gasteiger partial charge is 0.416 e. The normalized spacial score (nSPS) is 19.5. The van der Waals surface area contributed by atoms with Gasteiger partial charge in [0.25, 0.3) is 0 Å². The number of rotatable bonds is 2. The van der Waals surface area contributed by atoms with Crippen LogP contribution in [0.2, 0.25) is 0 Å². The molecule has 3 rings (SSSR count). The van der Waals surface area contributed by atoms with Crippen LogP contribution in [0.4, 0.5) is 18.9 Å². The number of hydrogen-bond donors (Lipinski definition) is 0. The van der Waals surface area contributed by atoms with Crippen molar-refractivity contribution in [1.82, 2.24) is 4.90 Å². The smallest absolute Gasteiger partial charge is 0.363 e. The first-order valence-corrected chi connectivity index (χ1v) is 7.83. The summed E-state index contributed by atoms with van der Waals surface area (Å²) in [5.74, 6) is 0.660. The predicted octanol–water partition coefficient (Wildman–Crippen LogP) is 3.74. The number of nitrogens with zero attached hydrogens (tertiary/aromatic N) is 4. The molecule has 0 amide bonds. The third kappa shape index (κ3) is 4.03. The van der Waals surface area contributed by atoms with Gasteiger partial charge >= 0.3 is 6.18 Å². The average molecular weight is 324 g/mol. The summed E-state index contributed by atoms with van der Waals surface area (Å²) in [7, 11) is 0. The van der Waals surface area contributed by atoms with Gasteiger partial charge in [-0.2, -0.15) is 18.3 Å². The van der Waals surface area contributed by atoms with Gasteiger partial charge in [0, 0.05) is 26.1 Å². The van der Waals surface area contributed by atoms with Crippen molar-refractivity contribution in [1.29, 1.82) is 0 Å². The molecule has 1 aromatic carbocycles. The minimum absolute atomic E-state index is 0.447. The maximum absolute atomic E-state index is 12.8. The lowest BCUT2D eigenvalue weighted by Crippen LogP contribution is -2.28. The number of likely N-dealkylation sites (tertiary alicyclic amines) is 1.